The highest BCUT2D eigenvalue weighted by Crippen LogP contribution is 1.99. The molecule has 16 heteroatoms. The summed E-state index contributed by atoms with van der Waals surface area (Å²) in [6.45, 7) is 0. The van der Waals surface area contributed by atoms with Crippen LogP contribution >= 0.6 is 0 Å². The molecule has 0 aromatic heterocycles. The summed E-state index contributed by atoms with van der Waals surface area (Å²) in [5.41, 5.74) is 19.3. The Kier molecular flexibility index (Phi) is 7.45. The fourth-order valence-electron chi connectivity index (χ4n) is 0.361. The molecule has 0 heterocycles. The fourth-order valence-corrected chi connectivity index (χ4v) is 0.849. The van der Waals surface area contributed by atoms with E-state index in [-0.39, 0.29) is 9.16 Å². The number of nitrogens with zero attached hydrogens (tertiary/aromatic N) is 8. The van der Waals surface area contributed by atoms with Gasteiger partial charge < -0.3 is 9.88 Å². The van der Waals surface area contributed by atoms with E-state index in [4.69, 9.17) is 22.7 Å². The van der Waals surface area contributed by atoms with E-state index in [0.717, 1.165) is 0 Å². The molecule has 0 aromatic carbocycles. The Morgan fingerprint density at radius 3 is 1.75 bits per heavy atom. The molecule has 0 radical (unpaired) electrons. The molecule has 0 unspecified atom stereocenters. The summed E-state index contributed by atoms with van der Waals surface area (Å²) in [7, 11) is 0. The molecule has 0 aliphatic heterocycles. The molecule has 0 aliphatic carbocycles. The predicted octanol–water partition coefficient (Wildman–Crippen LogP) is -1.76. The van der Waals surface area contributed by atoms with Crippen LogP contribution in [0.1, 0.15) is 0 Å². The Bertz CT molecular complexity index is 282. The zero-order valence-corrected chi connectivity index (χ0v) is 8.18. The summed E-state index contributed by atoms with van der Waals surface area (Å²) in [6, 6.07) is 0. The Balaban J connectivity index is 4.54. The predicted molar refractivity (Wildman–Crippen MR) is 46.9 cm³/mol. The van der Waals surface area contributed by atoms with Gasteiger partial charge in [0.2, 0.25) is 0 Å². The van der Waals surface area contributed by atoms with Gasteiger partial charge in [-0.15, -0.1) is 11.1 Å². The van der Waals surface area contributed by atoms with Gasteiger partial charge in [-0.05, 0) is 11.1 Å². The molecule has 0 spiro atoms. The molecular weight excluding hydrogens is 248 g/mol. The Labute approximate surface area is 89.5 Å². The van der Waals surface area contributed by atoms with Crippen LogP contribution in [-0.2, 0) is 21.0 Å². The Hall–Kier alpha value is -1.87. The molecule has 0 rings (SSSR count). The molecule has 15 nitrogen and oxygen atoms in total. The lowest BCUT2D eigenvalue weighted by atomic mass is 12.4. The summed E-state index contributed by atoms with van der Waals surface area (Å²) >= 11 is -2.38. The van der Waals surface area contributed by atoms with Crippen molar-refractivity contribution >= 4 is 11.2 Å². The van der Waals surface area contributed by atoms with Crippen LogP contribution < -0.4 is 22.8 Å². The molecule has 0 atom stereocenters. The molecule has 0 aromatic rings. The number of nitrogens with two attached hydrogens (primary N) is 2. The van der Waals surface area contributed by atoms with Crippen molar-refractivity contribution in [1.82, 2.24) is 20.2 Å². The number of rotatable bonds is 8. The molecule has 0 saturated carbocycles. The minimum absolute atomic E-state index is 0.229. The molecule has 0 amide bonds. The number of hydrogen-bond donors (Lipinski definition) is 4. The van der Waals surface area contributed by atoms with Crippen LogP contribution in [0, 0.1) is 0 Å². The van der Waals surface area contributed by atoms with Gasteiger partial charge in [-0.2, -0.15) is 0 Å². The van der Waals surface area contributed by atoms with E-state index >= 15 is 0 Å². The summed E-state index contributed by atoms with van der Waals surface area (Å²) in [5.74, 6) is 9.71. The zero-order chi connectivity index (χ0) is 12.4. The van der Waals surface area contributed by atoms with Crippen LogP contribution in [0.15, 0.2) is 10.6 Å². The zero-order valence-electron chi connectivity index (χ0n) is 7.37. The van der Waals surface area contributed by atoms with E-state index < -0.39 is 11.2 Å². The second-order valence-electron chi connectivity index (χ2n) is 1.51. The molecule has 16 heavy (non-hydrogen) atoms. The smallest absolute Gasteiger partial charge is 0.275 e. The van der Waals surface area contributed by atoms with Crippen molar-refractivity contribution in [3.05, 3.63) is 20.9 Å². The van der Waals surface area contributed by atoms with Gasteiger partial charge in [-0.25, -0.2) is 4.21 Å². The highest BCUT2D eigenvalue weighted by Gasteiger charge is 2.23. The second-order valence-corrected chi connectivity index (χ2v) is 2.63. The first kappa shape index (κ1) is 14.1. The van der Waals surface area contributed by atoms with E-state index in [9.17, 15) is 4.21 Å². The maximum Gasteiger partial charge on any atom is 0.275 e. The molecule has 6 N–H and O–H groups in total. The van der Waals surface area contributed by atoms with E-state index in [1.807, 2.05) is 0 Å². The van der Waals surface area contributed by atoms with Crippen LogP contribution in [-0.4, -0.2) is 13.4 Å². The van der Waals surface area contributed by atoms with Gasteiger partial charge in [0.15, 0.2) is 0 Å². The fraction of sp³-hybridized carbons (Fsp3) is 0. The van der Waals surface area contributed by atoms with E-state index in [1.54, 1.807) is 11.1 Å². The number of azide groups is 2. The van der Waals surface area contributed by atoms with Crippen molar-refractivity contribution in [2.24, 2.45) is 22.2 Å². The highest BCUT2D eigenvalue weighted by atomic mass is 32.2. The van der Waals surface area contributed by atoms with Crippen molar-refractivity contribution in [1.29, 1.82) is 0 Å². The summed E-state index contributed by atoms with van der Waals surface area (Å²) < 4.78 is 11.8. The third-order valence-corrected chi connectivity index (χ3v) is 1.70. The molecular formula is H6N12O3S. The quantitative estimate of drug-likeness (QED) is 0.128. The first-order chi connectivity index (χ1) is 7.71. The molecule has 0 aliphatic rings. The van der Waals surface area contributed by atoms with Gasteiger partial charge in [-0.3, -0.25) is 11.7 Å². The average Bonchev–Trinajstić information content (AvgIpc) is 2.31. The van der Waals surface area contributed by atoms with Crippen LogP contribution in [0.3, 0.4) is 0 Å². The molecule has 0 bridgehead atoms. The Morgan fingerprint density at radius 1 is 1.12 bits per heavy atom. The Morgan fingerprint density at radius 2 is 1.50 bits per heavy atom. The van der Waals surface area contributed by atoms with Crippen LogP contribution in [0.4, 0.5) is 0 Å². The number of nitrogens with one attached hydrogen (secondary N) is 2. The third-order valence-electron chi connectivity index (χ3n) is 0.789. The maximum atomic E-state index is 11.4. The lowest BCUT2D eigenvalue weighted by Gasteiger charge is -2.20. The minimum atomic E-state index is -2.38. The number of hydrogen-bond acceptors (Lipinski definition) is 9. The van der Waals surface area contributed by atoms with Crippen LogP contribution in [0.2, 0.25) is 0 Å². The van der Waals surface area contributed by atoms with Crippen molar-refractivity contribution in [3.63, 3.8) is 0 Å². The van der Waals surface area contributed by atoms with Gasteiger partial charge in [0.1, 0.15) is 10.6 Å². The van der Waals surface area contributed by atoms with Crippen molar-refractivity contribution in [2.75, 3.05) is 0 Å². The molecule has 90 valence electrons. The lowest BCUT2D eigenvalue weighted by molar-refractivity contribution is -0.161. The van der Waals surface area contributed by atoms with Gasteiger partial charge >= 0.3 is 0 Å². The highest BCUT2D eigenvalue weighted by molar-refractivity contribution is 7.79. The lowest BCUT2D eigenvalue weighted by Crippen LogP contribution is -2.53. The maximum absolute atomic E-state index is 11.4. The summed E-state index contributed by atoms with van der Waals surface area (Å²) in [4.78, 5) is 12.6. The summed E-state index contributed by atoms with van der Waals surface area (Å²) in [5, 5.41) is 5.16. The van der Waals surface area contributed by atoms with Gasteiger partial charge in [0, 0.05) is 9.82 Å². The molecule has 0 fully saturated rings. The first-order valence-electron chi connectivity index (χ1n) is 3.09. The third kappa shape index (κ3) is 4.57. The van der Waals surface area contributed by atoms with Crippen LogP contribution in [0.5, 0.6) is 0 Å². The van der Waals surface area contributed by atoms with E-state index in [1.165, 1.54) is 0 Å². The minimum Gasteiger partial charge on any atom is -0.302 e. The van der Waals surface area contributed by atoms with Crippen molar-refractivity contribution in [3.8, 4) is 0 Å². The van der Waals surface area contributed by atoms with Gasteiger partial charge in [0.25, 0.3) is 11.2 Å². The standard InChI is InChI=1S/H6N12O3S/c1-5-9-14-11(7-3)16(13)12(8-4)15-10-6-2/h7-8H,3-4H2. The first-order valence-corrected chi connectivity index (χ1v) is 4.15. The SMILES string of the molecule is [N-]=[N+]=NON(NN)S(=O)N(NN)ON=[N+]=[N-]. The molecule has 0 saturated heterocycles. The average molecular weight is 254 g/mol. The van der Waals surface area contributed by atoms with E-state index in [0.29, 0.717) is 0 Å². The summed E-state index contributed by atoms with van der Waals surface area (Å²) in [6.07, 6.45) is 0. The van der Waals surface area contributed by atoms with Gasteiger partial charge in [-0.1, -0.05) is 0 Å². The second kappa shape index (κ2) is 8.44. The topological polar surface area (TPSA) is 216 Å². The largest absolute Gasteiger partial charge is 0.302 e. The normalized spacial score (nSPS) is 11.5. The van der Waals surface area contributed by atoms with Crippen molar-refractivity contribution < 1.29 is 14.1 Å². The van der Waals surface area contributed by atoms with Gasteiger partial charge in [0.05, 0.1) is 9.16 Å². The number of hydrazine groups is 4. The van der Waals surface area contributed by atoms with Crippen LogP contribution in [0.25, 0.3) is 20.9 Å². The monoisotopic (exact) mass is 254 g/mol. The van der Waals surface area contributed by atoms with Crippen molar-refractivity contribution in [2.45, 2.75) is 0 Å². The van der Waals surface area contributed by atoms with E-state index in [2.05, 4.69) is 30.3 Å².